The zero-order valence-electron chi connectivity index (χ0n) is 12.8. The van der Waals surface area contributed by atoms with E-state index < -0.39 is 38.3 Å². The van der Waals surface area contributed by atoms with Gasteiger partial charge in [-0.05, 0) is 36.8 Å². The molecule has 3 atom stereocenters. The van der Waals surface area contributed by atoms with Crippen molar-refractivity contribution in [3.8, 4) is 0 Å². The van der Waals surface area contributed by atoms with Crippen molar-refractivity contribution in [1.29, 1.82) is 0 Å². The van der Waals surface area contributed by atoms with E-state index in [1.165, 1.54) is 30.3 Å². The van der Waals surface area contributed by atoms with Crippen LogP contribution in [0.25, 0.3) is 0 Å². The van der Waals surface area contributed by atoms with Crippen molar-refractivity contribution in [2.75, 3.05) is 0 Å². The third-order valence-corrected chi connectivity index (χ3v) is 6.70. The minimum atomic E-state index is -3.97. The van der Waals surface area contributed by atoms with Gasteiger partial charge in [0, 0.05) is 5.92 Å². The van der Waals surface area contributed by atoms with Crippen LogP contribution < -0.4 is 5.73 Å². The Bertz CT molecular complexity index is 910. The highest BCUT2D eigenvalue weighted by Crippen LogP contribution is 2.55. The maximum absolute atomic E-state index is 13.5. The summed E-state index contributed by atoms with van der Waals surface area (Å²) in [4.78, 5) is 11.6. The molecule has 2 aromatic carbocycles. The largest absolute Gasteiger partial charge is 0.480 e. The predicted molar refractivity (Wildman–Crippen MR) is 85.8 cm³/mol. The van der Waals surface area contributed by atoms with Gasteiger partial charge in [0.15, 0.2) is 9.84 Å². The highest BCUT2D eigenvalue weighted by Gasteiger charge is 2.74. The molecule has 0 saturated heterocycles. The second kappa shape index (κ2) is 5.39. The van der Waals surface area contributed by atoms with Crippen LogP contribution in [0.2, 0.25) is 0 Å². The van der Waals surface area contributed by atoms with Gasteiger partial charge in [-0.25, -0.2) is 12.8 Å². The van der Waals surface area contributed by atoms with E-state index in [1.807, 2.05) is 6.92 Å². The second-order valence-corrected chi connectivity index (χ2v) is 8.12. The first kappa shape index (κ1) is 16.6. The summed E-state index contributed by atoms with van der Waals surface area (Å²) in [5.41, 5.74) is 5.08. The molecule has 126 valence electrons. The number of carboxylic acids is 1. The fraction of sp³-hybridized carbons (Fsp3) is 0.235. The fourth-order valence-corrected chi connectivity index (χ4v) is 5.32. The normalized spacial score (nSPS) is 26.1. The molecule has 1 fully saturated rings. The van der Waals surface area contributed by atoms with Crippen LogP contribution in [0.15, 0.2) is 53.4 Å². The first-order valence-corrected chi connectivity index (χ1v) is 8.82. The molecule has 0 amide bonds. The lowest BCUT2D eigenvalue weighted by Gasteiger charge is -2.07. The van der Waals surface area contributed by atoms with E-state index in [-0.39, 0.29) is 10.5 Å². The third-order valence-electron chi connectivity index (χ3n) is 4.44. The Morgan fingerprint density at radius 1 is 1.21 bits per heavy atom. The summed E-state index contributed by atoms with van der Waals surface area (Å²) < 4.78 is 39.2. The number of hydrogen-bond acceptors (Lipinski definition) is 4. The molecule has 0 bridgehead atoms. The summed E-state index contributed by atoms with van der Waals surface area (Å²) in [7, 11) is -3.97. The quantitative estimate of drug-likeness (QED) is 0.878. The lowest BCUT2D eigenvalue weighted by Crippen LogP contribution is -2.39. The number of benzene rings is 2. The first-order chi connectivity index (χ1) is 11.2. The van der Waals surface area contributed by atoms with Crippen LogP contribution >= 0.6 is 0 Å². The number of rotatable bonds is 4. The Morgan fingerprint density at radius 3 is 2.38 bits per heavy atom. The van der Waals surface area contributed by atoms with E-state index in [4.69, 9.17) is 5.73 Å². The van der Waals surface area contributed by atoms with E-state index in [1.54, 1.807) is 12.1 Å². The van der Waals surface area contributed by atoms with Crippen LogP contribution in [0.5, 0.6) is 0 Å². The molecular weight excluding hydrogens is 333 g/mol. The number of aliphatic carboxylic acids is 1. The highest BCUT2D eigenvalue weighted by molar-refractivity contribution is 7.92. The van der Waals surface area contributed by atoms with Gasteiger partial charge in [0.1, 0.15) is 16.6 Å². The summed E-state index contributed by atoms with van der Waals surface area (Å²) >= 11 is 0. The van der Waals surface area contributed by atoms with Crippen LogP contribution in [0.4, 0.5) is 4.39 Å². The van der Waals surface area contributed by atoms with E-state index in [0.717, 1.165) is 11.6 Å². The van der Waals surface area contributed by atoms with Gasteiger partial charge in [-0.1, -0.05) is 29.8 Å². The Labute approximate surface area is 138 Å². The maximum atomic E-state index is 13.5. The van der Waals surface area contributed by atoms with E-state index >= 15 is 0 Å². The maximum Gasteiger partial charge on any atom is 0.325 e. The lowest BCUT2D eigenvalue weighted by atomic mass is 10.1. The summed E-state index contributed by atoms with van der Waals surface area (Å²) in [6.07, 6.45) is 0. The molecule has 0 heterocycles. The van der Waals surface area contributed by atoms with Gasteiger partial charge in [0.25, 0.3) is 0 Å². The van der Waals surface area contributed by atoms with Crippen LogP contribution in [-0.2, 0) is 14.6 Å². The third kappa shape index (κ3) is 2.40. The molecule has 0 radical (unpaired) electrons. The monoisotopic (exact) mass is 349 g/mol. The smallest absolute Gasteiger partial charge is 0.325 e. The minimum absolute atomic E-state index is 0.00748. The average molecular weight is 349 g/mol. The van der Waals surface area contributed by atoms with Gasteiger partial charge in [-0.3, -0.25) is 4.79 Å². The van der Waals surface area contributed by atoms with Crippen molar-refractivity contribution < 1.29 is 22.7 Å². The Morgan fingerprint density at radius 2 is 1.83 bits per heavy atom. The van der Waals surface area contributed by atoms with Gasteiger partial charge in [-0.2, -0.15) is 0 Å². The Balaban J connectivity index is 2.08. The lowest BCUT2D eigenvalue weighted by molar-refractivity contribution is -0.139. The van der Waals surface area contributed by atoms with Gasteiger partial charge in [0.2, 0.25) is 0 Å². The molecule has 24 heavy (non-hydrogen) atoms. The Kier molecular flexibility index (Phi) is 3.73. The number of nitrogens with two attached hydrogens (primary N) is 1. The molecule has 3 N–H and O–H groups in total. The zero-order chi connectivity index (χ0) is 17.7. The Hall–Kier alpha value is -2.25. The van der Waals surface area contributed by atoms with E-state index in [9.17, 15) is 22.7 Å². The zero-order valence-corrected chi connectivity index (χ0v) is 13.6. The van der Waals surface area contributed by atoms with Crippen molar-refractivity contribution in [1.82, 2.24) is 0 Å². The van der Waals surface area contributed by atoms with E-state index in [2.05, 4.69) is 0 Å². The molecule has 7 heteroatoms. The van der Waals surface area contributed by atoms with Crippen molar-refractivity contribution >= 4 is 15.8 Å². The van der Waals surface area contributed by atoms with Gasteiger partial charge in [0.05, 0.1) is 4.90 Å². The van der Waals surface area contributed by atoms with Crippen LogP contribution in [0.1, 0.15) is 17.0 Å². The number of carbonyl (C=O) groups is 1. The van der Waals surface area contributed by atoms with Crippen molar-refractivity contribution in [2.45, 2.75) is 28.5 Å². The predicted octanol–water partition coefficient (Wildman–Crippen LogP) is 1.86. The number of carboxylic acid groups (broad SMARTS) is 1. The van der Waals surface area contributed by atoms with Crippen LogP contribution in [0, 0.1) is 12.7 Å². The van der Waals surface area contributed by atoms with Crippen molar-refractivity contribution in [3.05, 3.63) is 65.5 Å². The molecule has 1 aliphatic rings. The van der Waals surface area contributed by atoms with Crippen LogP contribution in [0.3, 0.4) is 0 Å². The molecule has 5 nitrogen and oxygen atoms in total. The fourth-order valence-electron chi connectivity index (χ4n) is 3.09. The van der Waals surface area contributed by atoms with Crippen molar-refractivity contribution in [3.63, 3.8) is 0 Å². The van der Waals surface area contributed by atoms with Crippen molar-refractivity contribution in [2.24, 2.45) is 5.73 Å². The first-order valence-electron chi connectivity index (χ1n) is 7.27. The minimum Gasteiger partial charge on any atom is -0.480 e. The number of aryl methyl sites for hydroxylation is 1. The molecule has 1 aliphatic carbocycles. The molecular formula is C17H16FNO4S. The van der Waals surface area contributed by atoms with E-state index in [0.29, 0.717) is 0 Å². The molecule has 3 rings (SSSR count). The molecule has 0 aromatic heterocycles. The number of halogens is 1. The summed E-state index contributed by atoms with van der Waals surface area (Å²) in [6, 6.07) is 11.3. The SMILES string of the molecule is Cc1ccc(S(=O)(=O)[C@@H]2[C@@H](c3cccc(F)c3)[C@@]2(N)C(=O)O)cc1. The number of sulfone groups is 1. The van der Waals surface area contributed by atoms with Crippen LogP contribution in [-0.4, -0.2) is 30.3 Å². The number of hydrogen-bond donors (Lipinski definition) is 2. The highest BCUT2D eigenvalue weighted by atomic mass is 32.2. The topological polar surface area (TPSA) is 97.5 Å². The summed E-state index contributed by atoms with van der Waals surface area (Å²) in [5.74, 6) is -2.99. The molecule has 0 aliphatic heterocycles. The molecule has 1 saturated carbocycles. The second-order valence-electron chi connectivity index (χ2n) is 6.05. The molecule has 0 spiro atoms. The summed E-state index contributed by atoms with van der Waals surface area (Å²) in [6.45, 7) is 1.81. The summed E-state index contributed by atoms with van der Waals surface area (Å²) in [5, 5.41) is 8.11. The average Bonchev–Trinajstić information content (AvgIpc) is 3.17. The van der Waals surface area contributed by atoms with Gasteiger partial charge >= 0.3 is 5.97 Å². The molecule has 0 unspecified atom stereocenters. The molecule has 2 aromatic rings. The van der Waals surface area contributed by atoms with Gasteiger partial charge < -0.3 is 10.8 Å². The standard InChI is InChI=1S/C17H16FNO4S/c1-10-5-7-13(8-6-10)24(22,23)15-14(17(15,19)16(20)21)11-3-2-4-12(18)9-11/h2-9,14-15H,19H2,1H3,(H,20,21)/t14-,15-,17+/m1/s1. The van der Waals surface area contributed by atoms with Gasteiger partial charge in [-0.15, -0.1) is 0 Å².